The Bertz CT molecular complexity index is 502. The molecule has 0 N–H and O–H groups in total. The zero-order valence-electron chi connectivity index (χ0n) is 10.4. The molecule has 0 spiro atoms. The highest BCUT2D eigenvalue weighted by Gasteiger charge is 2.07. The molecule has 96 valence electrons. The summed E-state index contributed by atoms with van der Waals surface area (Å²) in [6.07, 6.45) is 0. The van der Waals surface area contributed by atoms with Crippen LogP contribution in [0, 0.1) is 0 Å². The number of rotatable bonds is 5. The maximum absolute atomic E-state index is 5.25. The maximum Gasteiger partial charge on any atom is 0.119 e. The molecular formula is C13H15BrN2OS. The van der Waals surface area contributed by atoms with E-state index in [0.717, 1.165) is 29.0 Å². The maximum atomic E-state index is 5.25. The highest BCUT2D eigenvalue weighted by atomic mass is 79.9. The molecule has 0 atom stereocenters. The summed E-state index contributed by atoms with van der Waals surface area (Å²) in [4.78, 5) is 6.53. The highest BCUT2D eigenvalue weighted by Crippen LogP contribution is 2.23. The van der Waals surface area contributed by atoms with Gasteiger partial charge in [-0.2, -0.15) is 0 Å². The van der Waals surface area contributed by atoms with Gasteiger partial charge in [0.05, 0.1) is 18.3 Å². The molecule has 2 rings (SSSR count). The summed E-state index contributed by atoms with van der Waals surface area (Å²) >= 11 is 5.20. The van der Waals surface area contributed by atoms with Gasteiger partial charge in [-0.25, -0.2) is 4.98 Å². The second-order valence-corrected chi connectivity index (χ2v) is 5.68. The zero-order valence-corrected chi connectivity index (χ0v) is 12.8. The minimum Gasteiger partial charge on any atom is -0.497 e. The van der Waals surface area contributed by atoms with Gasteiger partial charge in [0.1, 0.15) is 5.75 Å². The number of ether oxygens (including phenoxy) is 1. The minimum atomic E-state index is 0.854. The van der Waals surface area contributed by atoms with E-state index in [0.29, 0.717) is 0 Å². The van der Waals surface area contributed by atoms with Crippen molar-refractivity contribution in [2.75, 3.05) is 14.2 Å². The number of methoxy groups -OCH3 is 1. The van der Waals surface area contributed by atoms with E-state index >= 15 is 0 Å². The lowest BCUT2D eigenvalue weighted by atomic mass is 10.2. The van der Waals surface area contributed by atoms with Crippen LogP contribution >= 0.6 is 27.3 Å². The monoisotopic (exact) mass is 326 g/mol. The number of hydrogen-bond acceptors (Lipinski definition) is 4. The quantitative estimate of drug-likeness (QED) is 0.840. The van der Waals surface area contributed by atoms with Gasteiger partial charge < -0.3 is 4.74 Å². The van der Waals surface area contributed by atoms with Crippen LogP contribution in [0.2, 0.25) is 0 Å². The molecular weight excluding hydrogens is 312 g/mol. The molecule has 0 bridgehead atoms. The lowest BCUT2D eigenvalue weighted by molar-refractivity contribution is 0.314. The molecule has 0 saturated heterocycles. The predicted molar refractivity (Wildman–Crippen MR) is 78.0 cm³/mol. The molecule has 2 aromatic rings. The number of nitrogens with zero attached hydrogens (tertiary/aromatic N) is 2. The summed E-state index contributed by atoms with van der Waals surface area (Å²) < 4.78 is 6.35. The third-order valence-corrected chi connectivity index (χ3v) is 4.02. The molecule has 0 radical (unpaired) electrons. The number of aromatic nitrogens is 1. The van der Waals surface area contributed by atoms with Crippen molar-refractivity contribution in [3.05, 3.63) is 44.8 Å². The molecule has 1 aromatic heterocycles. The van der Waals surface area contributed by atoms with Crippen LogP contribution in [0.1, 0.15) is 11.3 Å². The van der Waals surface area contributed by atoms with E-state index in [4.69, 9.17) is 4.74 Å². The molecule has 3 nitrogen and oxygen atoms in total. The molecule has 5 heteroatoms. The van der Waals surface area contributed by atoms with Gasteiger partial charge in [0.25, 0.3) is 0 Å². The fourth-order valence-electron chi connectivity index (χ4n) is 1.74. The van der Waals surface area contributed by atoms with E-state index < -0.39 is 0 Å². The SMILES string of the molecule is COc1ccc(Br)c(CN(C)Cc2cscn2)c1. The molecule has 0 unspecified atom stereocenters. The zero-order chi connectivity index (χ0) is 13.0. The van der Waals surface area contributed by atoms with Crippen molar-refractivity contribution >= 4 is 27.3 Å². The topological polar surface area (TPSA) is 25.4 Å². The lowest BCUT2D eigenvalue weighted by Crippen LogP contribution is -2.17. The Labute approximate surface area is 120 Å². The van der Waals surface area contributed by atoms with Gasteiger partial charge in [-0.1, -0.05) is 15.9 Å². The Morgan fingerprint density at radius 1 is 1.39 bits per heavy atom. The summed E-state index contributed by atoms with van der Waals surface area (Å²) in [5.41, 5.74) is 4.19. The molecule has 0 aliphatic rings. The van der Waals surface area contributed by atoms with Crippen molar-refractivity contribution in [1.29, 1.82) is 0 Å². The van der Waals surface area contributed by atoms with Gasteiger partial charge in [-0.05, 0) is 30.8 Å². The molecule has 1 aromatic carbocycles. The standard InChI is InChI=1S/C13H15BrN2OS/c1-16(7-11-8-18-9-15-11)6-10-5-12(17-2)3-4-13(10)14/h3-5,8-9H,6-7H2,1-2H3. The van der Waals surface area contributed by atoms with Gasteiger partial charge in [0.2, 0.25) is 0 Å². The fourth-order valence-corrected chi connectivity index (χ4v) is 2.66. The fraction of sp³-hybridized carbons (Fsp3) is 0.308. The number of thiazole rings is 1. The van der Waals surface area contributed by atoms with Gasteiger partial charge in [0, 0.05) is 22.9 Å². The van der Waals surface area contributed by atoms with Crippen molar-refractivity contribution in [2.45, 2.75) is 13.1 Å². The number of hydrogen-bond donors (Lipinski definition) is 0. The molecule has 0 aliphatic heterocycles. The van der Waals surface area contributed by atoms with Crippen LogP contribution in [0.25, 0.3) is 0 Å². The van der Waals surface area contributed by atoms with Crippen LogP contribution in [0.3, 0.4) is 0 Å². The van der Waals surface area contributed by atoms with Crippen LogP contribution in [0.4, 0.5) is 0 Å². The van der Waals surface area contributed by atoms with Gasteiger partial charge >= 0.3 is 0 Å². The average molecular weight is 327 g/mol. The van der Waals surface area contributed by atoms with E-state index in [9.17, 15) is 0 Å². The highest BCUT2D eigenvalue weighted by molar-refractivity contribution is 9.10. The lowest BCUT2D eigenvalue weighted by Gasteiger charge is -2.17. The van der Waals surface area contributed by atoms with Crippen molar-refractivity contribution in [2.24, 2.45) is 0 Å². The van der Waals surface area contributed by atoms with Gasteiger partial charge in [-0.3, -0.25) is 4.90 Å². The Morgan fingerprint density at radius 2 is 2.22 bits per heavy atom. The summed E-state index contributed by atoms with van der Waals surface area (Å²) in [5.74, 6) is 0.884. The average Bonchev–Trinajstić information content (AvgIpc) is 2.84. The van der Waals surface area contributed by atoms with Crippen molar-refractivity contribution in [3.8, 4) is 5.75 Å². The van der Waals surface area contributed by atoms with E-state index in [1.54, 1.807) is 18.4 Å². The summed E-state index contributed by atoms with van der Waals surface area (Å²) in [5, 5.41) is 2.08. The summed E-state index contributed by atoms with van der Waals surface area (Å²) in [7, 11) is 3.78. The number of benzene rings is 1. The second kappa shape index (κ2) is 6.31. The van der Waals surface area contributed by atoms with Gasteiger partial charge in [0.15, 0.2) is 0 Å². The van der Waals surface area contributed by atoms with Crippen LogP contribution in [-0.2, 0) is 13.1 Å². The third kappa shape index (κ3) is 3.54. The second-order valence-electron chi connectivity index (χ2n) is 4.11. The van der Waals surface area contributed by atoms with E-state index in [2.05, 4.69) is 44.3 Å². The Balaban J connectivity index is 2.04. The summed E-state index contributed by atoms with van der Waals surface area (Å²) in [6, 6.07) is 6.03. The molecule has 0 aliphatic carbocycles. The molecule has 1 heterocycles. The Kier molecular flexibility index (Phi) is 4.74. The first kappa shape index (κ1) is 13.5. The van der Waals surface area contributed by atoms with Crippen molar-refractivity contribution in [3.63, 3.8) is 0 Å². The predicted octanol–water partition coefficient (Wildman–Crippen LogP) is 3.55. The largest absolute Gasteiger partial charge is 0.497 e. The normalized spacial score (nSPS) is 10.9. The first-order chi connectivity index (χ1) is 8.69. The first-order valence-electron chi connectivity index (χ1n) is 5.57. The summed E-state index contributed by atoms with van der Waals surface area (Å²) in [6.45, 7) is 1.71. The van der Waals surface area contributed by atoms with Crippen LogP contribution in [-0.4, -0.2) is 24.0 Å². The van der Waals surface area contributed by atoms with Crippen molar-refractivity contribution in [1.82, 2.24) is 9.88 Å². The van der Waals surface area contributed by atoms with Crippen LogP contribution in [0.15, 0.2) is 33.6 Å². The van der Waals surface area contributed by atoms with E-state index in [1.165, 1.54) is 5.56 Å². The molecule has 0 saturated carbocycles. The minimum absolute atomic E-state index is 0.854. The van der Waals surface area contributed by atoms with Gasteiger partial charge in [-0.15, -0.1) is 11.3 Å². The first-order valence-corrected chi connectivity index (χ1v) is 7.30. The molecule has 18 heavy (non-hydrogen) atoms. The Morgan fingerprint density at radius 3 is 2.89 bits per heavy atom. The Hall–Kier alpha value is -0.910. The molecule has 0 fully saturated rings. The molecule has 0 amide bonds. The number of halogens is 1. The van der Waals surface area contributed by atoms with Crippen LogP contribution < -0.4 is 4.74 Å². The van der Waals surface area contributed by atoms with E-state index in [-0.39, 0.29) is 0 Å². The van der Waals surface area contributed by atoms with Crippen molar-refractivity contribution < 1.29 is 4.74 Å². The smallest absolute Gasteiger partial charge is 0.119 e. The van der Waals surface area contributed by atoms with E-state index in [1.807, 2.05) is 17.6 Å². The van der Waals surface area contributed by atoms with Crippen LogP contribution in [0.5, 0.6) is 5.75 Å². The third-order valence-electron chi connectivity index (χ3n) is 2.61.